The van der Waals surface area contributed by atoms with Gasteiger partial charge < -0.3 is 10.2 Å². The molecule has 0 aliphatic carbocycles. The molecule has 0 atom stereocenters. The second-order valence-corrected chi connectivity index (χ2v) is 7.71. The maximum Gasteiger partial charge on any atom is 0.417 e. The highest BCUT2D eigenvalue weighted by molar-refractivity contribution is 6.33. The molecule has 3 heterocycles. The molecule has 3 rings (SSSR count). The molecule has 1 fully saturated rings. The average Bonchev–Trinajstić information content (AvgIpc) is 2.68. The van der Waals surface area contributed by atoms with Crippen molar-refractivity contribution in [3.8, 4) is 0 Å². The van der Waals surface area contributed by atoms with Gasteiger partial charge in [-0.05, 0) is 12.1 Å². The number of pyridine rings is 2. The van der Waals surface area contributed by atoms with Crippen LogP contribution in [0, 0.1) is 0 Å². The summed E-state index contributed by atoms with van der Waals surface area (Å²) in [5.41, 5.74) is -1.98. The summed E-state index contributed by atoms with van der Waals surface area (Å²) in [6.07, 6.45) is -7.88. The van der Waals surface area contributed by atoms with Crippen molar-refractivity contribution in [1.82, 2.24) is 14.9 Å². The van der Waals surface area contributed by atoms with Crippen LogP contribution in [0.3, 0.4) is 0 Å². The summed E-state index contributed by atoms with van der Waals surface area (Å²) in [6.45, 7) is 1.37. The molecule has 0 aromatic carbocycles. The van der Waals surface area contributed by atoms with Crippen molar-refractivity contribution in [3.05, 3.63) is 45.7 Å². The third-order valence-corrected chi connectivity index (χ3v) is 5.18. The fraction of sp³-hybridized carbons (Fsp3) is 0.389. The highest BCUT2D eigenvalue weighted by atomic mass is 35.5. The molecular formula is C18H15Cl2F6N5O. The molecule has 0 unspecified atom stereocenters. The summed E-state index contributed by atoms with van der Waals surface area (Å²) < 4.78 is 76.2. The van der Waals surface area contributed by atoms with Gasteiger partial charge >= 0.3 is 12.4 Å². The third kappa shape index (κ3) is 5.93. The van der Waals surface area contributed by atoms with Crippen LogP contribution in [-0.2, 0) is 17.1 Å². The molecule has 14 heteroatoms. The number of amides is 1. The Morgan fingerprint density at radius 2 is 1.44 bits per heavy atom. The second kappa shape index (κ2) is 9.28. The first-order valence-corrected chi connectivity index (χ1v) is 9.83. The monoisotopic (exact) mass is 501 g/mol. The molecule has 1 aliphatic rings. The van der Waals surface area contributed by atoms with Crippen molar-refractivity contribution in [3.63, 3.8) is 0 Å². The zero-order chi connectivity index (χ0) is 23.7. The van der Waals surface area contributed by atoms with E-state index in [0.29, 0.717) is 44.6 Å². The largest absolute Gasteiger partial charge is 0.417 e. The number of alkyl halides is 6. The number of anilines is 2. The van der Waals surface area contributed by atoms with Crippen LogP contribution < -0.4 is 10.2 Å². The predicted octanol–water partition coefficient (Wildman–Crippen LogP) is 4.58. The number of carbonyl (C=O) groups is 1. The van der Waals surface area contributed by atoms with Crippen LogP contribution in [0.1, 0.15) is 11.1 Å². The SMILES string of the molecule is O=C(CN1CCN(c2ncc(C(F)(F)F)cc2Cl)CC1)Nc1ncc(C(F)(F)F)cc1Cl. The predicted molar refractivity (Wildman–Crippen MR) is 106 cm³/mol. The number of rotatable bonds is 4. The van der Waals surface area contributed by atoms with E-state index in [4.69, 9.17) is 23.2 Å². The topological polar surface area (TPSA) is 61.4 Å². The molecule has 1 N–H and O–H groups in total. The molecule has 0 spiro atoms. The second-order valence-electron chi connectivity index (χ2n) is 6.89. The van der Waals surface area contributed by atoms with Crippen molar-refractivity contribution in [2.24, 2.45) is 0 Å². The van der Waals surface area contributed by atoms with E-state index in [1.165, 1.54) is 0 Å². The molecule has 0 radical (unpaired) electrons. The minimum absolute atomic E-state index is 0.0823. The van der Waals surface area contributed by atoms with Crippen molar-refractivity contribution < 1.29 is 31.1 Å². The summed E-state index contributed by atoms with van der Waals surface area (Å²) in [4.78, 5) is 23.0. The smallest absolute Gasteiger partial charge is 0.353 e. The number of halogens is 8. The number of nitrogens with zero attached hydrogens (tertiary/aromatic N) is 4. The van der Waals surface area contributed by atoms with Crippen molar-refractivity contribution in [2.75, 3.05) is 42.9 Å². The van der Waals surface area contributed by atoms with Crippen LogP contribution >= 0.6 is 23.2 Å². The van der Waals surface area contributed by atoms with E-state index in [1.807, 2.05) is 0 Å². The van der Waals surface area contributed by atoms with Gasteiger partial charge in [-0.15, -0.1) is 0 Å². The van der Waals surface area contributed by atoms with Crippen LogP contribution in [0.2, 0.25) is 10.0 Å². The first-order valence-electron chi connectivity index (χ1n) is 9.07. The van der Waals surface area contributed by atoms with Gasteiger partial charge in [-0.2, -0.15) is 26.3 Å². The Labute approximate surface area is 188 Å². The van der Waals surface area contributed by atoms with Crippen LogP contribution in [0.25, 0.3) is 0 Å². The number of hydrogen-bond acceptors (Lipinski definition) is 5. The molecule has 1 saturated heterocycles. The van der Waals surface area contributed by atoms with Gasteiger partial charge in [0, 0.05) is 38.6 Å². The molecular weight excluding hydrogens is 487 g/mol. The Kier molecular flexibility index (Phi) is 7.06. The Morgan fingerprint density at radius 3 is 1.94 bits per heavy atom. The maximum atomic E-state index is 12.7. The molecule has 32 heavy (non-hydrogen) atoms. The maximum absolute atomic E-state index is 12.7. The molecule has 0 bridgehead atoms. The summed E-state index contributed by atoms with van der Waals surface area (Å²) in [5.74, 6) is -0.508. The van der Waals surface area contributed by atoms with Crippen LogP contribution in [0.5, 0.6) is 0 Å². The standard InChI is InChI=1S/C18H15Cl2F6N5O/c19-12-5-10(17(21,22)23)7-27-15(12)29-14(32)9-30-1-3-31(4-2-30)16-13(20)6-11(8-28-16)18(24,25)26/h5-8H,1-4,9H2,(H,27,29,32). The number of carbonyl (C=O) groups excluding carboxylic acids is 1. The molecule has 174 valence electrons. The van der Waals surface area contributed by atoms with Crippen molar-refractivity contribution in [2.45, 2.75) is 12.4 Å². The molecule has 0 saturated carbocycles. The van der Waals surface area contributed by atoms with E-state index in [0.717, 1.165) is 6.07 Å². The highest BCUT2D eigenvalue weighted by Crippen LogP contribution is 2.34. The van der Waals surface area contributed by atoms with E-state index < -0.39 is 29.4 Å². The minimum atomic E-state index is -4.61. The van der Waals surface area contributed by atoms with Gasteiger partial charge in [0.15, 0.2) is 5.82 Å². The third-order valence-electron chi connectivity index (χ3n) is 4.61. The average molecular weight is 502 g/mol. The van der Waals surface area contributed by atoms with E-state index in [2.05, 4.69) is 15.3 Å². The zero-order valence-corrected chi connectivity index (χ0v) is 17.6. The van der Waals surface area contributed by atoms with E-state index in [1.54, 1.807) is 9.80 Å². The van der Waals surface area contributed by atoms with Gasteiger partial charge in [0.2, 0.25) is 5.91 Å². The van der Waals surface area contributed by atoms with E-state index in [9.17, 15) is 31.1 Å². The summed E-state index contributed by atoms with van der Waals surface area (Å²) >= 11 is 11.7. The fourth-order valence-electron chi connectivity index (χ4n) is 3.00. The Balaban J connectivity index is 1.55. The van der Waals surface area contributed by atoms with E-state index in [-0.39, 0.29) is 28.2 Å². The summed E-state index contributed by atoms with van der Waals surface area (Å²) in [6, 6.07) is 1.48. The van der Waals surface area contributed by atoms with Crippen LogP contribution in [0.15, 0.2) is 24.5 Å². The lowest BCUT2D eigenvalue weighted by atomic mass is 10.2. The van der Waals surface area contributed by atoms with Crippen LogP contribution in [-0.4, -0.2) is 53.5 Å². The Morgan fingerprint density at radius 1 is 0.906 bits per heavy atom. The molecule has 1 amide bonds. The number of nitrogens with one attached hydrogen (secondary N) is 1. The lowest BCUT2D eigenvalue weighted by Gasteiger charge is -2.35. The molecule has 1 aliphatic heterocycles. The number of piperazine rings is 1. The quantitative estimate of drug-likeness (QED) is 0.621. The van der Waals surface area contributed by atoms with Gasteiger partial charge in [-0.3, -0.25) is 9.69 Å². The first kappa shape index (κ1) is 24.3. The Bertz CT molecular complexity index is 993. The van der Waals surface area contributed by atoms with Crippen LogP contribution in [0.4, 0.5) is 38.0 Å². The number of aromatic nitrogens is 2. The molecule has 6 nitrogen and oxygen atoms in total. The summed E-state index contributed by atoms with van der Waals surface area (Å²) in [5, 5.41) is 1.89. The summed E-state index contributed by atoms with van der Waals surface area (Å²) in [7, 11) is 0. The van der Waals surface area contributed by atoms with Gasteiger partial charge in [-0.1, -0.05) is 23.2 Å². The Hall–Kier alpha value is -2.31. The lowest BCUT2D eigenvalue weighted by molar-refractivity contribution is -0.138. The van der Waals surface area contributed by atoms with Gasteiger partial charge in [-0.25, -0.2) is 9.97 Å². The van der Waals surface area contributed by atoms with Crippen molar-refractivity contribution >= 4 is 40.7 Å². The minimum Gasteiger partial charge on any atom is -0.353 e. The molecule has 2 aromatic rings. The van der Waals surface area contributed by atoms with Gasteiger partial charge in [0.05, 0.1) is 27.7 Å². The number of hydrogen-bond donors (Lipinski definition) is 1. The highest BCUT2D eigenvalue weighted by Gasteiger charge is 2.33. The van der Waals surface area contributed by atoms with Crippen molar-refractivity contribution in [1.29, 1.82) is 0 Å². The van der Waals surface area contributed by atoms with Gasteiger partial charge in [0.1, 0.15) is 5.82 Å². The van der Waals surface area contributed by atoms with E-state index >= 15 is 0 Å². The zero-order valence-electron chi connectivity index (χ0n) is 16.1. The normalized spacial score (nSPS) is 15.7. The first-order chi connectivity index (χ1) is 14.8. The molecule has 2 aromatic heterocycles. The fourth-order valence-corrected chi connectivity index (χ4v) is 3.50. The van der Waals surface area contributed by atoms with Gasteiger partial charge in [0.25, 0.3) is 0 Å². The lowest BCUT2D eigenvalue weighted by Crippen LogP contribution is -2.49.